The van der Waals surface area contributed by atoms with E-state index in [1.165, 1.54) is 5.56 Å². The molecule has 1 aromatic carbocycles. The van der Waals surface area contributed by atoms with Gasteiger partial charge < -0.3 is 9.64 Å². The molecule has 1 aliphatic rings. The van der Waals surface area contributed by atoms with Gasteiger partial charge in [-0.3, -0.25) is 0 Å². The van der Waals surface area contributed by atoms with Crippen LogP contribution in [0, 0.1) is 6.92 Å². The molecule has 0 bridgehead atoms. The minimum Gasteiger partial charge on any atom is -0.439 e. The average Bonchev–Trinajstić information content (AvgIpc) is 2.48. The number of aromatic nitrogens is 2. The second kappa shape index (κ2) is 6.13. The minimum atomic E-state index is 0.596. The van der Waals surface area contributed by atoms with Crippen LogP contribution in [0.3, 0.4) is 0 Å². The Morgan fingerprint density at radius 2 is 2.00 bits per heavy atom. The molecule has 2 aromatic rings. The summed E-state index contributed by atoms with van der Waals surface area (Å²) in [6.45, 7) is 4.11. The Balaban J connectivity index is 1.77. The first kappa shape index (κ1) is 13.2. The van der Waals surface area contributed by atoms with Gasteiger partial charge in [-0.25, -0.2) is 9.97 Å². The Morgan fingerprint density at radius 1 is 1.15 bits per heavy atom. The molecule has 5 heteroatoms. The number of rotatable bonds is 3. The zero-order valence-corrected chi connectivity index (χ0v) is 12.3. The summed E-state index contributed by atoms with van der Waals surface area (Å²) in [5.41, 5.74) is 1.17. The third-order valence-corrected chi connectivity index (χ3v) is 4.12. The molecule has 1 saturated heterocycles. The Kier molecular flexibility index (Phi) is 4.06. The van der Waals surface area contributed by atoms with Gasteiger partial charge in [0.1, 0.15) is 17.9 Å². The summed E-state index contributed by atoms with van der Waals surface area (Å²) >= 11 is 1.99. The maximum Gasteiger partial charge on any atom is 0.224 e. The molecule has 0 radical (unpaired) electrons. The number of thioether (sulfide) groups is 1. The lowest BCUT2D eigenvalue weighted by atomic mass is 10.2. The molecular weight excluding hydrogens is 270 g/mol. The summed E-state index contributed by atoms with van der Waals surface area (Å²) in [7, 11) is 0. The summed E-state index contributed by atoms with van der Waals surface area (Å²) in [5, 5.41) is 0. The van der Waals surface area contributed by atoms with Crippen molar-refractivity contribution >= 4 is 17.6 Å². The molecule has 0 spiro atoms. The lowest BCUT2D eigenvalue weighted by molar-refractivity contribution is 0.461. The number of benzene rings is 1. The van der Waals surface area contributed by atoms with Crippen molar-refractivity contribution in [2.45, 2.75) is 6.92 Å². The molecular formula is C15H17N3OS. The highest BCUT2D eigenvalue weighted by Gasteiger charge is 2.13. The van der Waals surface area contributed by atoms with Gasteiger partial charge in [0.2, 0.25) is 5.88 Å². The Hall–Kier alpha value is -1.75. The zero-order chi connectivity index (χ0) is 13.8. The summed E-state index contributed by atoms with van der Waals surface area (Å²) < 4.78 is 5.81. The smallest absolute Gasteiger partial charge is 0.224 e. The van der Waals surface area contributed by atoms with Gasteiger partial charge in [0, 0.05) is 30.7 Å². The first-order valence-corrected chi connectivity index (χ1v) is 7.86. The maximum atomic E-state index is 5.81. The normalized spacial score (nSPS) is 15.2. The van der Waals surface area contributed by atoms with E-state index in [4.69, 9.17) is 4.74 Å². The second-order valence-electron chi connectivity index (χ2n) is 4.73. The molecule has 1 aliphatic heterocycles. The van der Waals surface area contributed by atoms with Crippen LogP contribution in [-0.4, -0.2) is 34.6 Å². The Morgan fingerprint density at radius 3 is 2.80 bits per heavy atom. The number of hydrogen-bond acceptors (Lipinski definition) is 5. The summed E-state index contributed by atoms with van der Waals surface area (Å²) in [6, 6.07) is 9.88. The second-order valence-corrected chi connectivity index (χ2v) is 5.96. The summed E-state index contributed by atoms with van der Waals surface area (Å²) in [5.74, 6) is 4.65. The quantitative estimate of drug-likeness (QED) is 0.867. The van der Waals surface area contributed by atoms with E-state index in [1.807, 2.05) is 49.0 Å². The molecule has 1 aromatic heterocycles. The van der Waals surface area contributed by atoms with E-state index in [-0.39, 0.29) is 0 Å². The van der Waals surface area contributed by atoms with Crippen LogP contribution < -0.4 is 9.64 Å². The van der Waals surface area contributed by atoms with Gasteiger partial charge in [-0.1, -0.05) is 12.1 Å². The predicted octanol–water partition coefficient (Wildman–Crippen LogP) is 3.13. The fraction of sp³-hybridized carbons (Fsp3) is 0.333. The van der Waals surface area contributed by atoms with Crippen LogP contribution in [0.15, 0.2) is 36.7 Å². The standard InChI is InChI=1S/C15H17N3OS/c1-12-3-2-4-13(9-12)19-15-10-14(16-11-17-15)18-5-7-20-8-6-18/h2-4,9-11H,5-8H2,1H3. The molecule has 4 nitrogen and oxygen atoms in total. The zero-order valence-electron chi connectivity index (χ0n) is 11.5. The fourth-order valence-electron chi connectivity index (χ4n) is 2.15. The molecule has 0 amide bonds. The van der Waals surface area contributed by atoms with Gasteiger partial charge in [0.15, 0.2) is 0 Å². The molecule has 1 fully saturated rings. The van der Waals surface area contributed by atoms with Crippen molar-refractivity contribution in [3.05, 3.63) is 42.2 Å². The van der Waals surface area contributed by atoms with Crippen molar-refractivity contribution in [1.82, 2.24) is 9.97 Å². The van der Waals surface area contributed by atoms with Gasteiger partial charge in [0.25, 0.3) is 0 Å². The first-order valence-electron chi connectivity index (χ1n) is 6.70. The highest BCUT2D eigenvalue weighted by molar-refractivity contribution is 7.99. The van der Waals surface area contributed by atoms with Crippen LogP contribution in [-0.2, 0) is 0 Å². The van der Waals surface area contributed by atoms with Crippen molar-refractivity contribution < 1.29 is 4.74 Å². The van der Waals surface area contributed by atoms with Crippen LogP contribution in [0.25, 0.3) is 0 Å². The monoisotopic (exact) mass is 287 g/mol. The number of hydrogen-bond donors (Lipinski definition) is 0. The topological polar surface area (TPSA) is 38.2 Å². The van der Waals surface area contributed by atoms with Crippen molar-refractivity contribution in [1.29, 1.82) is 0 Å². The fourth-order valence-corrected chi connectivity index (χ4v) is 3.05. The lowest BCUT2D eigenvalue weighted by Crippen LogP contribution is -2.33. The molecule has 2 heterocycles. The third kappa shape index (κ3) is 3.22. The largest absolute Gasteiger partial charge is 0.439 e. The maximum absolute atomic E-state index is 5.81. The van der Waals surface area contributed by atoms with Crippen molar-refractivity contribution in [3.8, 4) is 11.6 Å². The number of nitrogens with zero attached hydrogens (tertiary/aromatic N) is 3. The van der Waals surface area contributed by atoms with Crippen LogP contribution in [0.2, 0.25) is 0 Å². The van der Waals surface area contributed by atoms with E-state index in [0.29, 0.717) is 5.88 Å². The lowest BCUT2D eigenvalue weighted by Gasteiger charge is -2.27. The number of anilines is 1. The van der Waals surface area contributed by atoms with E-state index in [1.54, 1.807) is 6.33 Å². The van der Waals surface area contributed by atoms with E-state index in [9.17, 15) is 0 Å². The van der Waals surface area contributed by atoms with Gasteiger partial charge in [-0.15, -0.1) is 0 Å². The molecule has 3 rings (SSSR count). The summed E-state index contributed by atoms with van der Waals surface area (Å²) in [6.07, 6.45) is 1.57. The van der Waals surface area contributed by atoms with Crippen molar-refractivity contribution in [3.63, 3.8) is 0 Å². The molecule has 20 heavy (non-hydrogen) atoms. The van der Waals surface area contributed by atoms with Crippen LogP contribution >= 0.6 is 11.8 Å². The minimum absolute atomic E-state index is 0.596. The van der Waals surface area contributed by atoms with E-state index in [0.717, 1.165) is 36.2 Å². The van der Waals surface area contributed by atoms with Gasteiger partial charge in [0.05, 0.1) is 0 Å². The predicted molar refractivity (Wildman–Crippen MR) is 82.8 cm³/mol. The van der Waals surface area contributed by atoms with Crippen LogP contribution in [0.4, 0.5) is 5.82 Å². The molecule has 0 N–H and O–H groups in total. The third-order valence-electron chi connectivity index (χ3n) is 3.17. The van der Waals surface area contributed by atoms with E-state index >= 15 is 0 Å². The van der Waals surface area contributed by atoms with Crippen LogP contribution in [0.5, 0.6) is 11.6 Å². The molecule has 104 valence electrons. The van der Waals surface area contributed by atoms with Gasteiger partial charge in [-0.2, -0.15) is 11.8 Å². The van der Waals surface area contributed by atoms with Crippen molar-refractivity contribution in [2.24, 2.45) is 0 Å². The van der Waals surface area contributed by atoms with Crippen LogP contribution in [0.1, 0.15) is 5.56 Å². The van der Waals surface area contributed by atoms with Gasteiger partial charge in [-0.05, 0) is 24.6 Å². The number of ether oxygens (including phenoxy) is 1. The average molecular weight is 287 g/mol. The SMILES string of the molecule is Cc1cccc(Oc2cc(N3CCSCC3)ncn2)c1. The van der Waals surface area contributed by atoms with E-state index in [2.05, 4.69) is 14.9 Å². The Bertz CT molecular complexity index is 585. The molecule has 0 saturated carbocycles. The molecule has 0 aliphatic carbocycles. The first-order chi connectivity index (χ1) is 9.81. The Labute approximate surface area is 123 Å². The molecule has 0 unspecified atom stereocenters. The highest BCUT2D eigenvalue weighted by Crippen LogP contribution is 2.24. The van der Waals surface area contributed by atoms with Crippen molar-refractivity contribution in [2.75, 3.05) is 29.5 Å². The van der Waals surface area contributed by atoms with E-state index < -0.39 is 0 Å². The molecule has 0 atom stereocenters. The van der Waals surface area contributed by atoms with Gasteiger partial charge >= 0.3 is 0 Å². The number of aryl methyl sites for hydroxylation is 1. The summed E-state index contributed by atoms with van der Waals surface area (Å²) in [4.78, 5) is 10.8. The highest BCUT2D eigenvalue weighted by atomic mass is 32.2.